The molecule has 0 aliphatic carbocycles. The van der Waals surface area contributed by atoms with Crippen LogP contribution in [-0.4, -0.2) is 16.9 Å². The van der Waals surface area contributed by atoms with Gasteiger partial charge >= 0.3 is 0 Å². The van der Waals surface area contributed by atoms with Gasteiger partial charge in [-0.25, -0.2) is 0 Å². The second-order valence-electron chi connectivity index (χ2n) is 6.87. The van der Waals surface area contributed by atoms with Crippen molar-refractivity contribution < 1.29 is 14.0 Å². The molecule has 0 spiro atoms. The van der Waals surface area contributed by atoms with Crippen LogP contribution in [0.3, 0.4) is 0 Å². The summed E-state index contributed by atoms with van der Waals surface area (Å²) in [6.07, 6.45) is 2.28. The van der Waals surface area contributed by atoms with Gasteiger partial charge in [0.25, 0.3) is 11.8 Å². The Labute approximate surface area is 184 Å². The summed E-state index contributed by atoms with van der Waals surface area (Å²) < 4.78 is 5.80. The number of amides is 2. The largest absolute Gasteiger partial charge is 0.457 e. The van der Waals surface area contributed by atoms with Gasteiger partial charge in [-0.15, -0.1) is 0 Å². The first-order valence-corrected chi connectivity index (χ1v) is 10.0. The lowest BCUT2D eigenvalue weighted by molar-refractivity contribution is -0.122. The van der Waals surface area contributed by atoms with Crippen molar-refractivity contribution in [1.29, 1.82) is 5.26 Å². The molecule has 31 heavy (non-hydrogen) atoms. The standard InChI is InChI=1S/C24H17N3O3S/c1-2-15-5-9-18(10-6-15)27-23(29)20(22(28)26-24(27)31)13-19-11-12-21(30-19)17-7-3-16(14-25)4-8-17/h3-13H,2H2,1H3,(H,26,28,31)/b20-13+. The average molecular weight is 427 g/mol. The first-order valence-electron chi connectivity index (χ1n) is 9.61. The van der Waals surface area contributed by atoms with Crippen molar-refractivity contribution in [2.24, 2.45) is 0 Å². The lowest BCUT2D eigenvalue weighted by Crippen LogP contribution is -2.54. The number of rotatable bonds is 4. The molecule has 2 heterocycles. The number of aryl methyl sites for hydroxylation is 1. The molecule has 2 amide bonds. The second kappa shape index (κ2) is 8.38. The van der Waals surface area contributed by atoms with E-state index in [9.17, 15) is 9.59 Å². The van der Waals surface area contributed by atoms with E-state index >= 15 is 0 Å². The van der Waals surface area contributed by atoms with Gasteiger partial charge in [-0.05, 0) is 78.8 Å². The fourth-order valence-electron chi connectivity index (χ4n) is 3.21. The Morgan fingerprint density at radius 1 is 1.06 bits per heavy atom. The highest BCUT2D eigenvalue weighted by Crippen LogP contribution is 2.26. The van der Waals surface area contributed by atoms with E-state index in [-0.39, 0.29) is 10.7 Å². The van der Waals surface area contributed by atoms with Gasteiger partial charge in [0.1, 0.15) is 17.1 Å². The Morgan fingerprint density at radius 2 is 1.77 bits per heavy atom. The molecule has 1 saturated heterocycles. The zero-order valence-electron chi connectivity index (χ0n) is 16.6. The van der Waals surface area contributed by atoms with E-state index in [4.69, 9.17) is 21.9 Å². The van der Waals surface area contributed by atoms with Crippen molar-refractivity contribution in [3.05, 3.63) is 83.1 Å². The van der Waals surface area contributed by atoms with E-state index in [1.807, 2.05) is 19.1 Å². The van der Waals surface area contributed by atoms with Crippen molar-refractivity contribution in [2.75, 3.05) is 4.90 Å². The minimum Gasteiger partial charge on any atom is -0.457 e. The first-order chi connectivity index (χ1) is 15.0. The molecular weight excluding hydrogens is 410 g/mol. The highest BCUT2D eigenvalue weighted by molar-refractivity contribution is 7.80. The van der Waals surface area contributed by atoms with Gasteiger partial charge in [-0.2, -0.15) is 5.26 Å². The van der Waals surface area contributed by atoms with Crippen LogP contribution in [0.15, 0.2) is 70.7 Å². The molecule has 2 aromatic carbocycles. The zero-order valence-corrected chi connectivity index (χ0v) is 17.4. The number of nitrogens with zero attached hydrogens (tertiary/aromatic N) is 2. The maximum atomic E-state index is 13.1. The fourth-order valence-corrected chi connectivity index (χ4v) is 3.49. The monoisotopic (exact) mass is 427 g/mol. The van der Waals surface area contributed by atoms with Gasteiger partial charge in [0.15, 0.2) is 5.11 Å². The molecule has 1 N–H and O–H groups in total. The average Bonchev–Trinajstić information content (AvgIpc) is 3.26. The van der Waals surface area contributed by atoms with Crippen LogP contribution in [-0.2, 0) is 16.0 Å². The van der Waals surface area contributed by atoms with Gasteiger partial charge in [0.2, 0.25) is 0 Å². The number of thiocarbonyl (C=S) groups is 1. The Balaban J connectivity index is 1.64. The number of carbonyl (C=O) groups excluding carboxylic acids is 2. The molecule has 152 valence electrons. The van der Waals surface area contributed by atoms with Crippen molar-refractivity contribution in [3.63, 3.8) is 0 Å². The summed E-state index contributed by atoms with van der Waals surface area (Å²) in [5, 5.41) is 11.5. The van der Waals surface area contributed by atoms with Crippen molar-refractivity contribution >= 4 is 40.9 Å². The number of carbonyl (C=O) groups is 2. The van der Waals surface area contributed by atoms with Crippen LogP contribution in [0, 0.1) is 11.3 Å². The Kier molecular flexibility index (Phi) is 5.48. The summed E-state index contributed by atoms with van der Waals surface area (Å²) in [6, 6.07) is 19.8. The van der Waals surface area contributed by atoms with Crippen LogP contribution in [0.1, 0.15) is 23.8 Å². The lowest BCUT2D eigenvalue weighted by atomic mass is 10.1. The number of hydrogen-bond acceptors (Lipinski definition) is 5. The first kappa shape index (κ1) is 20.3. The van der Waals surface area contributed by atoms with E-state index < -0.39 is 11.8 Å². The van der Waals surface area contributed by atoms with Gasteiger partial charge in [0, 0.05) is 5.56 Å². The van der Waals surface area contributed by atoms with Gasteiger partial charge in [0.05, 0.1) is 17.3 Å². The van der Waals surface area contributed by atoms with E-state index in [1.54, 1.807) is 48.5 Å². The molecule has 1 aliphatic rings. The summed E-state index contributed by atoms with van der Waals surface area (Å²) in [6.45, 7) is 2.04. The summed E-state index contributed by atoms with van der Waals surface area (Å²) in [7, 11) is 0. The Morgan fingerprint density at radius 3 is 2.42 bits per heavy atom. The number of furan rings is 1. The number of nitriles is 1. The van der Waals surface area contributed by atoms with Crippen LogP contribution < -0.4 is 10.2 Å². The van der Waals surface area contributed by atoms with E-state index in [1.165, 1.54) is 11.0 Å². The quantitative estimate of drug-likeness (QED) is 0.383. The highest BCUT2D eigenvalue weighted by atomic mass is 32.1. The third-order valence-corrected chi connectivity index (χ3v) is 5.20. The van der Waals surface area contributed by atoms with E-state index in [2.05, 4.69) is 11.4 Å². The molecule has 3 aromatic rings. The molecule has 0 atom stereocenters. The Hall–Kier alpha value is -4.02. The van der Waals surface area contributed by atoms with Crippen LogP contribution in [0.4, 0.5) is 5.69 Å². The minimum absolute atomic E-state index is 0.0362. The molecule has 1 fully saturated rings. The van der Waals surface area contributed by atoms with Crippen molar-refractivity contribution in [3.8, 4) is 17.4 Å². The predicted molar refractivity (Wildman–Crippen MR) is 121 cm³/mol. The molecule has 0 saturated carbocycles. The van der Waals surface area contributed by atoms with Crippen LogP contribution >= 0.6 is 12.2 Å². The molecule has 4 rings (SSSR count). The molecule has 1 aliphatic heterocycles. The molecule has 7 heteroatoms. The van der Waals surface area contributed by atoms with E-state index in [0.29, 0.717) is 22.8 Å². The third kappa shape index (κ3) is 4.02. The van der Waals surface area contributed by atoms with Crippen LogP contribution in [0.25, 0.3) is 17.4 Å². The minimum atomic E-state index is -0.576. The van der Waals surface area contributed by atoms with E-state index in [0.717, 1.165) is 17.5 Å². The summed E-state index contributed by atoms with van der Waals surface area (Å²) in [5.74, 6) is -0.184. The van der Waals surface area contributed by atoms with Gasteiger partial charge < -0.3 is 4.42 Å². The fraction of sp³-hybridized carbons (Fsp3) is 0.0833. The Bertz CT molecular complexity index is 1250. The van der Waals surface area contributed by atoms with Crippen molar-refractivity contribution in [2.45, 2.75) is 13.3 Å². The maximum Gasteiger partial charge on any atom is 0.270 e. The number of benzene rings is 2. The van der Waals surface area contributed by atoms with Gasteiger partial charge in [-0.3, -0.25) is 19.8 Å². The third-order valence-electron chi connectivity index (χ3n) is 4.92. The second-order valence-corrected chi connectivity index (χ2v) is 7.26. The molecular formula is C24H17N3O3S. The zero-order chi connectivity index (χ0) is 22.0. The number of anilines is 1. The molecule has 6 nitrogen and oxygen atoms in total. The highest BCUT2D eigenvalue weighted by Gasteiger charge is 2.34. The molecule has 0 radical (unpaired) electrons. The van der Waals surface area contributed by atoms with Crippen molar-refractivity contribution in [1.82, 2.24) is 5.32 Å². The smallest absolute Gasteiger partial charge is 0.270 e. The summed E-state index contributed by atoms with van der Waals surface area (Å²) in [4.78, 5) is 26.8. The topological polar surface area (TPSA) is 86.3 Å². The summed E-state index contributed by atoms with van der Waals surface area (Å²) >= 11 is 5.23. The maximum absolute atomic E-state index is 13.1. The molecule has 0 unspecified atom stereocenters. The van der Waals surface area contributed by atoms with Crippen LogP contribution in [0.5, 0.6) is 0 Å². The summed E-state index contributed by atoms with van der Waals surface area (Å²) in [5.41, 5.74) is 2.96. The SMILES string of the molecule is CCc1ccc(N2C(=O)/C(=C/c3ccc(-c4ccc(C#N)cc4)o3)C(=O)NC2=S)cc1. The van der Waals surface area contributed by atoms with Gasteiger partial charge in [-0.1, -0.05) is 19.1 Å². The normalized spacial score (nSPS) is 15.2. The molecule has 1 aromatic heterocycles. The van der Waals surface area contributed by atoms with Crippen LogP contribution in [0.2, 0.25) is 0 Å². The molecule has 0 bridgehead atoms. The predicted octanol–water partition coefficient (Wildman–Crippen LogP) is 4.21. The number of nitrogens with one attached hydrogen (secondary N) is 1. The number of hydrogen-bond donors (Lipinski definition) is 1. The lowest BCUT2D eigenvalue weighted by Gasteiger charge is -2.28.